The summed E-state index contributed by atoms with van der Waals surface area (Å²) in [7, 11) is 0. The molecule has 60 valence electrons. The molecule has 0 aromatic heterocycles. The van der Waals surface area contributed by atoms with Crippen molar-refractivity contribution in [1.29, 1.82) is 0 Å². The first-order valence-corrected chi connectivity index (χ1v) is 3.46. The smallest absolute Gasteiger partial charge is 0.217 e. The molecule has 1 atom stereocenters. The average Bonchev–Trinajstić information content (AvgIpc) is 1.81. The van der Waals surface area contributed by atoms with Crippen LogP contribution in [0.25, 0.3) is 0 Å². The predicted octanol–water partition coefficient (Wildman–Crippen LogP) is 0.139. The normalized spacial score (nSPS) is 13.3. The quantitative estimate of drug-likeness (QED) is 0.593. The van der Waals surface area contributed by atoms with E-state index in [9.17, 15) is 4.79 Å². The standard InChI is InChI=1S/C7H15NO2/c1-5(2)7(4-9)8-6(3)10/h5,7,9H,4H2,1-3H3,(H,8,10). The first-order chi connectivity index (χ1) is 4.57. The van der Waals surface area contributed by atoms with Crippen molar-refractivity contribution in [3.63, 3.8) is 0 Å². The second-order valence-corrected chi connectivity index (χ2v) is 2.73. The van der Waals surface area contributed by atoms with Crippen molar-refractivity contribution >= 4 is 5.91 Å². The third-order valence-electron chi connectivity index (χ3n) is 1.39. The molecule has 0 fully saturated rings. The van der Waals surface area contributed by atoms with Gasteiger partial charge in [-0.1, -0.05) is 13.8 Å². The minimum atomic E-state index is -0.0995. The lowest BCUT2D eigenvalue weighted by Crippen LogP contribution is -2.39. The van der Waals surface area contributed by atoms with Crippen LogP contribution in [0.5, 0.6) is 0 Å². The van der Waals surface area contributed by atoms with Gasteiger partial charge in [-0.25, -0.2) is 0 Å². The summed E-state index contributed by atoms with van der Waals surface area (Å²) in [5, 5.41) is 11.4. The Bertz CT molecular complexity index is 112. The van der Waals surface area contributed by atoms with Crippen molar-refractivity contribution in [2.75, 3.05) is 6.61 Å². The van der Waals surface area contributed by atoms with Crippen molar-refractivity contribution in [3.8, 4) is 0 Å². The highest BCUT2D eigenvalue weighted by molar-refractivity contribution is 5.73. The largest absolute Gasteiger partial charge is 0.394 e. The molecular formula is C7H15NO2. The highest BCUT2D eigenvalue weighted by Gasteiger charge is 2.11. The third kappa shape index (κ3) is 3.45. The van der Waals surface area contributed by atoms with E-state index in [1.54, 1.807) is 0 Å². The van der Waals surface area contributed by atoms with E-state index in [2.05, 4.69) is 5.32 Å². The molecular weight excluding hydrogens is 130 g/mol. The van der Waals surface area contributed by atoms with Crippen LogP contribution < -0.4 is 5.32 Å². The van der Waals surface area contributed by atoms with Gasteiger partial charge in [0.05, 0.1) is 12.6 Å². The first-order valence-electron chi connectivity index (χ1n) is 3.46. The summed E-state index contributed by atoms with van der Waals surface area (Å²) in [5.41, 5.74) is 0. The maximum absolute atomic E-state index is 10.5. The van der Waals surface area contributed by atoms with Crippen molar-refractivity contribution in [2.45, 2.75) is 26.8 Å². The molecule has 0 aliphatic heterocycles. The van der Waals surface area contributed by atoms with E-state index in [4.69, 9.17) is 5.11 Å². The topological polar surface area (TPSA) is 49.3 Å². The molecule has 0 spiro atoms. The van der Waals surface area contributed by atoms with E-state index in [1.807, 2.05) is 13.8 Å². The summed E-state index contributed by atoms with van der Waals surface area (Å²) in [6.07, 6.45) is 0. The summed E-state index contributed by atoms with van der Waals surface area (Å²) in [5.74, 6) is 0.196. The Morgan fingerprint density at radius 1 is 1.60 bits per heavy atom. The highest BCUT2D eigenvalue weighted by Crippen LogP contribution is 1.99. The van der Waals surface area contributed by atoms with Crippen LogP contribution in [-0.4, -0.2) is 23.7 Å². The Balaban J connectivity index is 3.71. The van der Waals surface area contributed by atoms with E-state index >= 15 is 0 Å². The number of aliphatic hydroxyl groups excluding tert-OH is 1. The zero-order valence-corrected chi connectivity index (χ0v) is 6.72. The van der Waals surface area contributed by atoms with Crippen LogP contribution in [0.4, 0.5) is 0 Å². The molecule has 3 heteroatoms. The van der Waals surface area contributed by atoms with Crippen LogP contribution >= 0.6 is 0 Å². The lowest BCUT2D eigenvalue weighted by molar-refractivity contribution is -0.120. The van der Waals surface area contributed by atoms with E-state index in [0.717, 1.165) is 0 Å². The predicted molar refractivity (Wildman–Crippen MR) is 39.5 cm³/mol. The summed E-state index contributed by atoms with van der Waals surface area (Å²) >= 11 is 0. The summed E-state index contributed by atoms with van der Waals surface area (Å²) in [6, 6.07) is -0.0995. The number of hydrogen-bond acceptors (Lipinski definition) is 2. The molecule has 0 radical (unpaired) electrons. The minimum absolute atomic E-state index is 0.0112. The summed E-state index contributed by atoms with van der Waals surface area (Å²) in [4.78, 5) is 10.5. The zero-order valence-electron chi connectivity index (χ0n) is 6.72. The molecule has 1 amide bonds. The van der Waals surface area contributed by atoms with Gasteiger partial charge in [-0.15, -0.1) is 0 Å². The van der Waals surface area contributed by atoms with Crippen LogP contribution in [0.15, 0.2) is 0 Å². The SMILES string of the molecule is CC(=O)NC(CO)C(C)C. The first kappa shape index (κ1) is 9.43. The molecule has 0 saturated carbocycles. The maximum atomic E-state index is 10.5. The summed E-state index contributed by atoms with van der Waals surface area (Å²) < 4.78 is 0. The molecule has 0 aromatic rings. The number of carbonyl (C=O) groups is 1. The molecule has 0 bridgehead atoms. The third-order valence-corrected chi connectivity index (χ3v) is 1.39. The van der Waals surface area contributed by atoms with Crippen LogP contribution in [0, 0.1) is 5.92 Å². The van der Waals surface area contributed by atoms with Gasteiger partial charge in [0.15, 0.2) is 0 Å². The number of rotatable bonds is 3. The van der Waals surface area contributed by atoms with Crippen molar-refractivity contribution < 1.29 is 9.90 Å². The molecule has 0 aromatic carbocycles. The number of nitrogens with one attached hydrogen (secondary N) is 1. The van der Waals surface area contributed by atoms with Gasteiger partial charge in [0, 0.05) is 6.92 Å². The van der Waals surface area contributed by atoms with Crippen molar-refractivity contribution in [3.05, 3.63) is 0 Å². The molecule has 0 saturated heterocycles. The number of carbonyl (C=O) groups excluding carboxylic acids is 1. The van der Waals surface area contributed by atoms with Crippen LogP contribution in [0.2, 0.25) is 0 Å². The van der Waals surface area contributed by atoms with Gasteiger partial charge in [0.25, 0.3) is 0 Å². The fourth-order valence-corrected chi connectivity index (χ4v) is 0.684. The minimum Gasteiger partial charge on any atom is -0.394 e. The molecule has 1 unspecified atom stereocenters. The van der Waals surface area contributed by atoms with Crippen LogP contribution in [-0.2, 0) is 4.79 Å². The second kappa shape index (κ2) is 4.28. The van der Waals surface area contributed by atoms with Crippen molar-refractivity contribution in [1.82, 2.24) is 5.32 Å². The van der Waals surface area contributed by atoms with Crippen LogP contribution in [0.1, 0.15) is 20.8 Å². The molecule has 0 aliphatic rings. The molecule has 0 heterocycles. The average molecular weight is 145 g/mol. The number of amides is 1. The van der Waals surface area contributed by atoms with E-state index in [0.29, 0.717) is 0 Å². The fraction of sp³-hybridized carbons (Fsp3) is 0.857. The van der Waals surface area contributed by atoms with Crippen molar-refractivity contribution in [2.24, 2.45) is 5.92 Å². The van der Waals surface area contributed by atoms with Gasteiger partial charge < -0.3 is 10.4 Å². The lowest BCUT2D eigenvalue weighted by Gasteiger charge is -2.18. The Labute approximate surface area is 61.4 Å². The zero-order chi connectivity index (χ0) is 8.15. The number of aliphatic hydroxyl groups is 1. The second-order valence-electron chi connectivity index (χ2n) is 2.73. The van der Waals surface area contributed by atoms with Crippen LogP contribution in [0.3, 0.4) is 0 Å². The van der Waals surface area contributed by atoms with Gasteiger partial charge in [0.1, 0.15) is 0 Å². The monoisotopic (exact) mass is 145 g/mol. The molecule has 2 N–H and O–H groups in total. The van der Waals surface area contributed by atoms with Gasteiger partial charge in [-0.2, -0.15) is 0 Å². The van der Waals surface area contributed by atoms with Gasteiger partial charge in [0.2, 0.25) is 5.91 Å². The molecule has 0 rings (SSSR count). The highest BCUT2D eigenvalue weighted by atomic mass is 16.3. The Morgan fingerprint density at radius 2 is 2.10 bits per heavy atom. The summed E-state index contributed by atoms with van der Waals surface area (Å²) in [6.45, 7) is 5.37. The molecule has 3 nitrogen and oxygen atoms in total. The van der Waals surface area contributed by atoms with E-state index < -0.39 is 0 Å². The van der Waals surface area contributed by atoms with E-state index in [-0.39, 0.29) is 24.5 Å². The fourth-order valence-electron chi connectivity index (χ4n) is 0.684. The van der Waals surface area contributed by atoms with Gasteiger partial charge >= 0.3 is 0 Å². The Kier molecular flexibility index (Phi) is 4.03. The Hall–Kier alpha value is -0.570. The Morgan fingerprint density at radius 3 is 2.20 bits per heavy atom. The molecule has 0 aliphatic carbocycles. The maximum Gasteiger partial charge on any atom is 0.217 e. The van der Waals surface area contributed by atoms with Gasteiger partial charge in [-0.3, -0.25) is 4.79 Å². The lowest BCUT2D eigenvalue weighted by atomic mass is 10.1. The van der Waals surface area contributed by atoms with Gasteiger partial charge in [-0.05, 0) is 5.92 Å². The molecule has 10 heavy (non-hydrogen) atoms. The number of hydrogen-bond donors (Lipinski definition) is 2. The van der Waals surface area contributed by atoms with E-state index in [1.165, 1.54) is 6.92 Å².